The van der Waals surface area contributed by atoms with Crippen LogP contribution < -0.4 is 11.3 Å². The monoisotopic (exact) mass is 280 g/mol. The highest BCUT2D eigenvalue weighted by molar-refractivity contribution is 7.99. The van der Waals surface area contributed by atoms with E-state index < -0.39 is 10.7 Å². The van der Waals surface area contributed by atoms with Crippen LogP contribution in [0.3, 0.4) is 0 Å². The van der Waals surface area contributed by atoms with Gasteiger partial charge in [0.25, 0.3) is 5.69 Å². The fourth-order valence-electron chi connectivity index (χ4n) is 1.36. The summed E-state index contributed by atoms with van der Waals surface area (Å²) < 4.78 is 13.5. The zero-order valence-corrected chi connectivity index (χ0v) is 10.4. The van der Waals surface area contributed by atoms with Crippen molar-refractivity contribution in [3.05, 3.63) is 52.3 Å². The lowest BCUT2D eigenvalue weighted by molar-refractivity contribution is -0.385. The number of benzene rings is 1. The topological polar surface area (TPSA) is 94.1 Å². The van der Waals surface area contributed by atoms with Crippen molar-refractivity contribution in [3.8, 4) is 0 Å². The third-order valence-corrected chi connectivity index (χ3v) is 3.17. The average Bonchev–Trinajstić information content (AvgIpc) is 2.41. The summed E-state index contributed by atoms with van der Waals surface area (Å²) in [5.74, 6) is 4.93. The van der Waals surface area contributed by atoms with Crippen LogP contribution in [0.15, 0.2) is 46.3 Å². The Morgan fingerprint density at radius 2 is 2.11 bits per heavy atom. The molecule has 0 bridgehead atoms. The number of hydrazine groups is 1. The van der Waals surface area contributed by atoms with Crippen LogP contribution in [0.2, 0.25) is 0 Å². The molecule has 0 unspecified atom stereocenters. The third-order valence-electron chi connectivity index (χ3n) is 2.20. The highest BCUT2D eigenvalue weighted by Crippen LogP contribution is 2.31. The molecular formula is C11H9FN4O2S. The van der Waals surface area contributed by atoms with Gasteiger partial charge in [0, 0.05) is 11.0 Å². The maximum Gasteiger partial charge on any atom is 0.275 e. The van der Waals surface area contributed by atoms with Gasteiger partial charge in [0.05, 0.1) is 11.0 Å². The quantitative estimate of drug-likeness (QED) is 0.508. The van der Waals surface area contributed by atoms with E-state index in [1.165, 1.54) is 18.2 Å². The van der Waals surface area contributed by atoms with Gasteiger partial charge in [-0.1, -0.05) is 23.9 Å². The Morgan fingerprint density at radius 1 is 1.37 bits per heavy atom. The maximum absolute atomic E-state index is 13.5. The highest BCUT2D eigenvalue weighted by atomic mass is 32.2. The minimum absolute atomic E-state index is 0.146. The number of anilines is 1. The summed E-state index contributed by atoms with van der Waals surface area (Å²) in [5.41, 5.74) is 2.08. The van der Waals surface area contributed by atoms with Crippen LogP contribution >= 0.6 is 11.8 Å². The molecule has 0 aliphatic carbocycles. The van der Waals surface area contributed by atoms with E-state index in [4.69, 9.17) is 5.84 Å². The van der Waals surface area contributed by atoms with Crippen molar-refractivity contribution in [1.29, 1.82) is 0 Å². The Labute approximate surface area is 112 Å². The van der Waals surface area contributed by atoms with E-state index in [1.807, 2.05) is 0 Å². The second-order valence-corrected chi connectivity index (χ2v) is 4.54. The van der Waals surface area contributed by atoms with E-state index in [2.05, 4.69) is 10.4 Å². The Bertz CT molecular complexity index is 623. The zero-order chi connectivity index (χ0) is 13.8. The Hall–Kier alpha value is -2.19. The predicted molar refractivity (Wildman–Crippen MR) is 69.2 cm³/mol. The SMILES string of the molecule is NNc1cc([N+](=O)[O-])cc(Sc2ccccc2F)n1. The number of hydrogen-bond acceptors (Lipinski definition) is 6. The number of nitrogens with zero attached hydrogens (tertiary/aromatic N) is 2. The van der Waals surface area contributed by atoms with Crippen molar-refractivity contribution in [2.24, 2.45) is 5.84 Å². The van der Waals surface area contributed by atoms with Crippen LogP contribution in [0.1, 0.15) is 0 Å². The standard InChI is InChI=1S/C11H9FN4O2S/c12-8-3-1-2-4-9(8)19-11-6-7(16(17)18)5-10(14-11)15-13/h1-6H,13H2,(H,14,15). The van der Waals surface area contributed by atoms with Gasteiger partial charge in [0.2, 0.25) is 0 Å². The number of nitro groups is 1. The highest BCUT2D eigenvalue weighted by Gasteiger charge is 2.13. The van der Waals surface area contributed by atoms with Crippen molar-refractivity contribution < 1.29 is 9.31 Å². The molecule has 1 aromatic carbocycles. The van der Waals surface area contributed by atoms with Gasteiger partial charge in [-0.2, -0.15) is 0 Å². The molecular weight excluding hydrogens is 271 g/mol. The molecule has 2 aromatic rings. The lowest BCUT2D eigenvalue weighted by Crippen LogP contribution is -2.09. The van der Waals surface area contributed by atoms with Gasteiger partial charge >= 0.3 is 0 Å². The summed E-state index contributed by atoms with van der Waals surface area (Å²) in [6, 6.07) is 8.57. The molecule has 98 valence electrons. The number of nitrogens with one attached hydrogen (secondary N) is 1. The van der Waals surface area contributed by atoms with Gasteiger partial charge in [-0.05, 0) is 12.1 Å². The summed E-state index contributed by atoms with van der Waals surface area (Å²) in [6.45, 7) is 0. The Morgan fingerprint density at radius 3 is 2.74 bits per heavy atom. The molecule has 3 N–H and O–H groups in total. The van der Waals surface area contributed by atoms with Gasteiger partial charge < -0.3 is 5.43 Å². The normalized spacial score (nSPS) is 10.2. The first-order chi connectivity index (χ1) is 9.10. The van der Waals surface area contributed by atoms with Crippen molar-refractivity contribution in [3.63, 3.8) is 0 Å². The van der Waals surface area contributed by atoms with Crippen molar-refractivity contribution >= 4 is 23.3 Å². The third kappa shape index (κ3) is 3.18. The summed E-state index contributed by atoms with van der Waals surface area (Å²) in [4.78, 5) is 14.6. The molecule has 0 aliphatic rings. The first kappa shape index (κ1) is 13.2. The van der Waals surface area contributed by atoms with E-state index in [-0.39, 0.29) is 16.5 Å². The molecule has 0 amide bonds. The minimum Gasteiger partial charge on any atom is -0.308 e. The zero-order valence-electron chi connectivity index (χ0n) is 9.54. The molecule has 8 heteroatoms. The van der Waals surface area contributed by atoms with Crippen LogP contribution in [0, 0.1) is 15.9 Å². The van der Waals surface area contributed by atoms with Gasteiger partial charge in [-0.3, -0.25) is 10.1 Å². The molecule has 0 saturated carbocycles. The fraction of sp³-hybridized carbons (Fsp3) is 0. The van der Waals surface area contributed by atoms with Crippen LogP contribution in [-0.2, 0) is 0 Å². The second-order valence-electron chi connectivity index (χ2n) is 3.48. The number of hydrogen-bond donors (Lipinski definition) is 2. The molecule has 6 nitrogen and oxygen atoms in total. The number of aromatic nitrogens is 1. The van der Waals surface area contributed by atoms with E-state index >= 15 is 0 Å². The first-order valence-corrected chi connectivity index (χ1v) is 5.97. The van der Waals surface area contributed by atoms with E-state index in [0.29, 0.717) is 4.90 Å². The second kappa shape index (κ2) is 5.63. The van der Waals surface area contributed by atoms with Gasteiger partial charge in [0.15, 0.2) is 0 Å². The average molecular weight is 280 g/mol. The summed E-state index contributed by atoms with van der Waals surface area (Å²) in [7, 11) is 0. The number of nitrogen functional groups attached to an aromatic ring is 1. The van der Waals surface area contributed by atoms with E-state index in [1.54, 1.807) is 18.2 Å². The largest absolute Gasteiger partial charge is 0.308 e. The van der Waals surface area contributed by atoms with Crippen LogP contribution in [0.25, 0.3) is 0 Å². The van der Waals surface area contributed by atoms with Gasteiger partial charge in [-0.25, -0.2) is 15.2 Å². The van der Waals surface area contributed by atoms with E-state index in [9.17, 15) is 14.5 Å². The van der Waals surface area contributed by atoms with Gasteiger partial charge in [0.1, 0.15) is 16.7 Å². The van der Waals surface area contributed by atoms with E-state index in [0.717, 1.165) is 11.8 Å². The lowest BCUT2D eigenvalue weighted by atomic mass is 10.3. The smallest absolute Gasteiger partial charge is 0.275 e. The van der Waals surface area contributed by atoms with Gasteiger partial charge in [-0.15, -0.1) is 0 Å². The van der Waals surface area contributed by atoms with Crippen LogP contribution in [0.5, 0.6) is 0 Å². The molecule has 1 heterocycles. The summed E-state index contributed by atoms with van der Waals surface area (Å²) >= 11 is 0.989. The minimum atomic E-state index is -0.562. The molecule has 0 aliphatic heterocycles. The molecule has 2 rings (SSSR count). The fourth-order valence-corrected chi connectivity index (χ4v) is 2.22. The van der Waals surface area contributed by atoms with Crippen molar-refractivity contribution in [2.75, 3.05) is 5.43 Å². The summed E-state index contributed by atoms with van der Waals surface area (Å²) in [5, 5.41) is 11.1. The molecule has 0 fully saturated rings. The molecule has 0 radical (unpaired) electrons. The maximum atomic E-state index is 13.5. The number of halogens is 1. The lowest BCUT2D eigenvalue weighted by Gasteiger charge is -2.05. The number of pyridine rings is 1. The van der Waals surface area contributed by atoms with Crippen LogP contribution in [0.4, 0.5) is 15.9 Å². The first-order valence-electron chi connectivity index (χ1n) is 5.15. The molecule has 0 saturated heterocycles. The molecule has 1 aromatic heterocycles. The summed E-state index contributed by atoms with van der Waals surface area (Å²) in [6.07, 6.45) is 0. The molecule has 0 atom stereocenters. The Kier molecular flexibility index (Phi) is 3.93. The van der Waals surface area contributed by atoms with Crippen molar-refractivity contribution in [1.82, 2.24) is 4.98 Å². The molecule has 19 heavy (non-hydrogen) atoms. The molecule has 0 spiro atoms. The number of rotatable bonds is 4. The van der Waals surface area contributed by atoms with Crippen LogP contribution in [-0.4, -0.2) is 9.91 Å². The Balaban J connectivity index is 2.37. The van der Waals surface area contributed by atoms with Crippen molar-refractivity contribution in [2.45, 2.75) is 9.92 Å². The predicted octanol–water partition coefficient (Wildman–Crippen LogP) is 2.57. The number of nitrogens with two attached hydrogens (primary N) is 1.